The van der Waals surface area contributed by atoms with E-state index in [2.05, 4.69) is 26.5 Å². The van der Waals surface area contributed by atoms with Crippen LogP contribution in [0.25, 0.3) is 10.6 Å². The van der Waals surface area contributed by atoms with Crippen LogP contribution in [0, 0.1) is 5.92 Å². The molecule has 1 aliphatic carbocycles. The van der Waals surface area contributed by atoms with Crippen LogP contribution in [0.1, 0.15) is 44.9 Å². The number of rotatable bonds is 4. The number of thiophene rings is 1. The van der Waals surface area contributed by atoms with E-state index < -0.39 is 0 Å². The smallest absolute Gasteiger partial charge is 0.223 e. The molecule has 5 nitrogen and oxygen atoms in total. The number of amides is 1. The topological polar surface area (TPSA) is 58.1 Å². The largest absolute Gasteiger partial charge is 0.355 e. The number of hydrogen-bond acceptors (Lipinski definition) is 5. The van der Waals surface area contributed by atoms with Gasteiger partial charge in [0.15, 0.2) is 5.82 Å². The van der Waals surface area contributed by atoms with Gasteiger partial charge in [-0.25, -0.2) is 0 Å². The molecule has 0 spiro atoms. The van der Waals surface area contributed by atoms with Gasteiger partial charge in [-0.3, -0.25) is 4.79 Å². The molecule has 0 bridgehead atoms. The highest BCUT2D eigenvalue weighted by atomic mass is 32.1. The zero-order valence-electron chi connectivity index (χ0n) is 15.1. The lowest BCUT2D eigenvalue weighted by atomic mass is 9.92. The van der Waals surface area contributed by atoms with E-state index in [0.717, 1.165) is 55.2 Å². The van der Waals surface area contributed by atoms with Gasteiger partial charge in [-0.2, -0.15) is 0 Å². The summed E-state index contributed by atoms with van der Waals surface area (Å²) in [5.41, 5.74) is 0.922. The third kappa shape index (κ3) is 4.06. The third-order valence-electron chi connectivity index (χ3n) is 5.57. The van der Waals surface area contributed by atoms with E-state index in [1.54, 1.807) is 11.3 Å². The van der Waals surface area contributed by atoms with Crippen LogP contribution >= 0.6 is 11.3 Å². The average molecular weight is 371 g/mol. The Hall–Kier alpha value is -1.95. The maximum absolute atomic E-state index is 12.5. The van der Waals surface area contributed by atoms with Crippen molar-refractivity contribution in [2.45, 2.75) is 51.0 Å². The molecule has 6 heteroatoms. The first-order valence-corrected chi connectivity index (χ1v) is 10.6. The van der Waals surface area contributed by atoms with Crippen molar-refractivity contribution in [3.63, 3.8) is 0 Å². The Bertz CT molecular complexity index is 702. The lowest BCUT2D eigenvalue weighted by Crippen LogP contribution is -2.44. The number of aromatic nitrogens is 2. The highest BCUT2D eigenvalue weighted by molar-refractivity contribution is 7.13. The Labute approximate surface area is 158 Å². The van der Waals surface area contributed by atoms with Crippen molar-refractivity contribution >= 4 is 23.1 Å². The van der Waals surface area contributed by atoms with Crippen LogP contribution in [0.5, 0.6) is 0 Å². The number of carbonyl (C=O) groups excluding carboxylic acids is 1. The van der Waals surface area contributed by atoms with Crippen LogP contribution in [0.4, 0.5) is 5.82 Å². The number of hydrogen-bond donors (Lipinski definition) is 1. The zero-order chi connectivity index (χ0) is 17.8. The predicted octanol–water partition coefficient (Wildman–Crippen LogP) is 3.87. The minimum Gasteiger partial charge on any atom is -0.355 e. The Morgan fingerprint density at radius 2 is 1.85 bits per heavy atom. The van der Waals surface area contributed by atoms with Gasteiger partial charge < -0.3 is 10.2 Å². The molecule has 1 saturated heterocycles. The van der Waals surface area contributed by atoms with Crippen molar-refractivity contribution in [1.82, 2.24) is 15.5 Å². The van der Waals surface area contributed by atoms with Crippen molar-refractivity contribution in [1.29, 1.82) is 0 Å². The van der Waals surface area contributed by atoms with Crippen molar-refractivity contribution in [2.75, 3.05) is 18.0 Å². The summed E-state index contributed by atoms with van der Waals surface area (Å²) in [6, 6.07) is 8.58. The second-order valence-electron chi connectivity index (χ2n) is 7.36. The molecular formula is C20H26N4OS. The summed E-state index contributed by atoms with van der Waals surface area (Å²) >= 11 is 1.67. The third-order valence-corrected chi connectivity index (χ3v) is 6.46. The van der Waals surface area contributed by atoms with Crippen molar-refractivity contribution in [3.05, 3.63) is 29.6 Å². The first-order valence-electron chi connectivity index (χ1n) is 9.72. The van der Waals surface area contributed by atoms with Crippen molar-refractivity contribution in [2.24, 2.45) is 5.92 Å². The first-order chi connectivity index (χ1) is 12.8. The van der Waals surface area contributed by atoms with Crippen LogP contribution in [0.15, 0.2) is 29.6 Å². The van der Waals surface area contributed by atoms with E-state index in [1.807, 2.05) is 23.6 Å². The average Bonchev–Trinajstić information content (AvgIpc) is 3.24. The molecule has 2 aliphatic rings. The van der Waals surface area contributed by atoms with Gasteiger partial charge in [0.05, 0.1) is 4.88 Å². The second kappa shape index (κ2) is 8.16. The van der Waals surface area contributed by atoms with Gasteiger partial charge in [0.2, 0.25) is 5.91 Å². The zero-order valence-corrected chi connectivity index (χ0v) is 15.9. The lowest BCUT2D eigenvalue weighted by molar-refractivity contribution is -0.126. The molecule has 1 aliphatic heterocycles. The molecule has 1 saturated carbocycles. The number of nitrogens with zero attached hydrogens (tertiary/aromatic N) is 3. The molecular weight excluding hydrogens is 344 g/mol. The van der Waals surface area contributed by atoms with Gasteiger partial charge in [0.1, 0.15) is 5.69 Å². The maximum Gasteiger partial charge on any atom is 0.223 e. The van der Waals surface area contributed by atoms with Gasteiger partial charge >= 0.3 is 0 Å². The number of piperidine rings is 1. The molecule has 1 amide bonds. The Kier molecular flexibility index (Phi) is 5.48. The molecule has 2 aromatic heterocycles. The van der Waals surface area contributed by atoms with E-state index in [4.69, 9.17) is 0 Å². The molecule has 0 radical (unpaired) electrons. The standard InChI is InChI=1S/C20H26N4OS/c25-20(21-16-5-2-1-3-6-16)15-10-12-24(13-11-15)19-9-8-17(22-23-19)18-7-4-14-26-18/h4,7-9,14-16H,1-3,5-6,10-13H2,(H,21,25). The molecule has 138 valence electrons. The fourth-order valence-corrected chi connectivity index (χ4v) is 4.68. The number of anilines is 1. The minimum absolute atomic E-state index is 0.145. The van der Waals surface area contributed by atoms with Crippen molar-refractivity contribution in [3.8, 4) is 10.6 Å². The highest BCUT2D eigenvalue weighted by Gasteiger charge is 2.27. The molecule has 26 heavy (non-hydrogen) atoms. The van der Waals surface area contributed by atoms with Crippen LogP contribution < -0.4 is 10.2 Å². The minimum atomic E-state index is 0.145. The second-order valence-corrected chi connectivity index (χ2v) is 8.31. The first kappa shape index (κ1) is 17.5. The lowest BCUT2D eigenvalue weighted by Gasteiger charge is -2.33. The molecule has 0 unspecified atom stereocenters. The Morgan fingerprint density at radius 1 is 1.04 bits per heavy atom. The van der Waals surface area contributed by atoms with Crippen molar-refractivity contribution < 1.29 is 4.79 Å². The normalized spacial score (nSPS) is 19.5. The summed E-state index contributed by atoms with van der Waals surface area (Å²) in [6.45, 7) is 1.74. The predicted molar refractivity (Wildman–Crippen MR) is 105 cm³/mol. The summed E-state index contributed by atoms with van der Waals surface area (Å²) in [4.78, 5) is 15.9. The molecule has 4 rings (SSSR count). The summed E-state index contributed by atoms with van der Waals surface area (Å²) in [5, 5.41) is 14.1. The van der Waals surface area contributed by atoms with E-state index in [0.29, 0.717) is 6.04 Å². The SMILES string of the molecule is O=C(NC1CCCCC1)C1CCN(c2ccc(-c3cccs3)nn2)CC1. The van der Waals surface area contributed by atoms with Gasteiger partial charge in [-0.05, 0) is 49.3 Å². The molecule has 0 atom stereocenters. The molecule has 0 aromatic carbocycles. The fraction of sp³-hybridized carbons (Fsp3) is 0.550. The van der Waals surface area contributed by atoms with E-state index in [1.165, 1.54) is 19.3 Å². The van der Waals surface area contributed by atoms with Gasteiger partial charge in [0, 0.05) is 25.0 Å². The van der Waals surface area contributed by atoms with Gasteiger partial charge in [-0.1, -0.05) is 25.3 Å². The van der Waals surface area contributed by atoms with E-state index in [9.17, 15) is 4.79 Å². The van der Waals surface area contributed by atoms with Gasteiger partial charge in [0.25, 0.3) is 0 Å². The van der Waals surface area contributed by atoms with Crippen LogP contribution in [0.3, 0.4) is 0 Å². The number of carbonyl (C=O) groups is 1. The monoisotopic (exact) mass is 370 g/mol. The quantitative estimate of drug-likeness (QED) is 0.888. The summed E-state index contributed by atoms with van der Waals surface area (Å²) in [6.07, 6.45) is 7.91. The molecule has 1 N–H and O–H groups in total. The van der Waals surface area contributed by atoms with E-state index in [-0.39, 0.29) is 11.8 Å². The molecule has 2 aromatic rings. The van der Waals surface area contributed by atoms with Crippen LogP contribution in [-0.4, -0.2) is 35.2 Å². The Balaban J connectivity index is 1.29. The molecule has 3 heterocycles. The summed E-state index contributed by atoms with van der Waals surface area (Å²) in [7, 11) is 0. The highest BCUT2D eigenvalue weighted by Crippen LogP contribution is 2.26. The van der Waals surface area contributed by atoms with Gasteiger partial charge in [-0.15, -0.1) is 21.5 Å². The van der Waals surface area contributed by atoms with E-state index >= 15 is 0 Å². The maximum atomic E-state index is 12.5. The fourth-order valence-electron chi connectivity index (χ4n) is 3.99. The molecule has 2 fully saturated rings. The Morgan fingerprint density at radius 3 is 2.50 bits per heavy atom. The van der Waals surface area contributed by atoms with Crippen LogP contribution in [-0.2, 0) is 4.79 Å². The summed E-state index contributed by atoms with van der Waals surface area (Å²) < 4.78 is 0. The summed E-state index contributed by atoms with van der Waals surface area (Å²) in [5.74, 6) is 1.32. The van der Waals surface area contributed by atoms with Crippen LogP contribution in [0.2, 0.25) is 0 Å². The number of nitrogens with one attached hydrogen (secondary N) is 1.